The van der Waals surface area contributed by atoms with Crippen LogP contribution >= 0.6 is 15.9 Å². The molecular weight excluding hydrogens is 414 g/mol. The van der Waals surface area contributed by atoms with Gasteiger partial charge in [-0.3, -0.25) is 10.2 Å². The summed E-state index contributed by atoms with van der Waals surface area (Å²) in [5.74, 6) is -1.28. The Morgan fingerprint density at radius 3 is 2.48 bits per heavy atom. The molecule has 0 fully saturated rings. The van der Waals surface area contributed by atoms with Gasteiger partial charge in [0.1, 0.15) is 5.69 Å². The number of nitrogens with zero attached hydrogens (tertiary/aromatic N) is 1. The van der Waals surface area contributed by atoms with Crippen LogP contribution in [0.1, 0.15) is 26.4 Å². The molecule has 2 N–H and O–H groups in total. The quantitative estimate of drug-likeness (QED) is 0.553. The maximum atomic E-state index is 12.4. The molecule has 10 heteroatoms. The lowest BCUT2D eigenvalue weighted by atomic mass is 10.1. The van der Waals surface area contributed by atoms with Crippen molar-refractivity contribution in [2.45, 2.75) is 11.8 Å². The number of ether oxygens (including phenoxy) is 1. The Balaban J connectivity index is 2.23. The van der Waals surface area contributed by atoms with Crippen LogP contribution in [0.25, 0.3) is 0 Å². The molecule has 0 unspecified atom stereocenters. The summed E-state index contributed by atoms with van der Waals surface area (Å²) in [6.45, 7) is 1.58. The van der Waals surface area contributed by atoms with Gasteiger partial charge in [-0.25, -0.2) is 13.2 Å². The molecule has 0 aliphatic carbocycles. The van der Waals surface area contributed by atoms with E-state index in [1.54, 1.807) is 26.2 Å². The number of benzene rings is 1. The Bertz CT molecular complexity index is 937. The first-order chi connectivity index (χ1) is 11.7. The summed E-state index contributed by atoms with van der Waals surface area (Å²) in [5.41, 5.74) is 2.91. The van der Waals surface area contributed by atoms with E-state index in [2.05, 4.69) is 26.1 Å². The molecular formula is C15H16BrN3O5S. The highest BCUT2D eigenvalue weighted by Crippen LogP contribution is 2.18. The van der Waals surface area contributed by atoms with Gasteiger partial charge in [0.05, 0.1) is 17.6 Å². The highest BCUT2D eigenvalue weighted by Gasteiger charge is 2.21. The molecule has 1 heterocycles. The van der Waals surface area contributed by atoms with Gasteiger partial charge < -0.3 is 9.30 Å². The Labute approximate surface area is 153 Å². The minimum absolute atomic E-state index is 0.0890. The van der Waals surface area contributed by atoms with Crippen LogP contribution in [0.2, 0.25) is 0 Å². The number of halogens is 1. The summed E-state index contributed by atoms with van der Waals surface area (Å²) in [6.07, 6.45) is 1.66. The number of carbonyl (C=O) groups is 2. The van der Waals surface area contributed by atoms with Crippen molar-refractivity contribution in [2.24, 2.45) is 7.05 Å². The van der Waals surface area contributed by atoms with Crippen LogP contribution in [-0.4, -0.2) is 32.0 Å². The largest absolute Gasteiger partial charge is 0.465 e. The zero-order valence-electron chi connectivity index (χ0n) is 13.7. The number of nitrogens with one attached hydrogen (secondary N) is 2. The van der Waals surface area contributed by atoms with Crippen molar-refractivity contribution < 1.29 is 22.7 Å². The van der Waals surface area contributed by atoms with Gasteiger partial charge in [-0.05, 0) is 46.6 Å². The van der Waals surface area contributed by atoms with E-state index in [0.29, 0.717) is 10.0 Å². The van der Waals surface area contributed by atoms with E-state index in [9.17, 15) is 18.0 Å². The van der Waals surface area contributed by atoms with Crippen molar-refractivity contribution in [3.63, 3.8) is 0 Å². The van der Waals surface area contributed by atoms with E-state index in [1.807, 2.05) is 4.83 Å². The number of carbonyl (C=O) groups excluding carboxylic acids is 2. The minimum atomic E-state index is -4.08. The van der Waals surface area contributed by atoms with Gasteiger partial charge in [0.25, 0.3) is 15.9 Å². The van der Waals surface area contributed by atoms with E-state index >= 15 is 0 Å². The van der Waals surface area contributed by atoms with Crippen molar-refractivity contribution in [1.82, 2.24) is 14.8 Å². The predicted molar refractivity (Wildman–Crippen MR) is 93.4 cm³/mol. The fourth-order valence-corrected chi connectivity index (χ4v) is 3.75. The maximum Gasteiger partial charge on any atom is 0.337 e. The van der Waals surface area contributed by atoms with Crippen molar-refractivity contribution in [3.05, 3.63) is 51.8 Å². The van der Waals surface area contributed by atoms with Gasteiger partial charge in [0.15, 0.2) is 0 Å². The van der Waals surface area contributed by atoms with Gasteiger partial charge in [0.2, 0.25) is 0 Å². The van der Waals surface area contributed by atoms with Gasteiger partial charge in [0, 0.05) is 17.7 Å². The zero-order valence-corrected chi connectivity index (χ0v) is 16.1. The molecule has 0 aliphatic rings. The second kappa shape index (κ2) is 7.38. The van der Waals surface area contributed by atoms with Gasteiger partial charge in [-0.15, -0.1) is 4.83 Å². The second-order valence-electron chi connectivity index (χ2n) is 5.19. The van der Waals surface area contributed by atoms with E-state index < -0.39 is 21.9 Å². The molecule has 0 atom stereocenters. The van der Waals surface area contributed by atoms with E-state index in [1.165, 1.54) is 29.9 Å². The van der Waals surface area contributed by atoms with Gasteiger partial charge in [-0.2, -0.15) is 0 Å². The number of methoxy groups -OCH3 is 1. The van der Waals surface area contributed by atoms with Crippen LogP contribution in [0.3, 0.4) is 0 Å². The number of sulfonamides is 1. The third-order valence-electron chi connectivity index (χ3n) is 3.40. The summed E-state index contributed by atoms with van der Waals surface area (Å²) in [7, 11) is -1.22. The number of hydrazine groups is 1. The molecule has 0 bridgehead atoms. The molecule has 2 rings (SSSR count). The molecule has 0 radical (unpaired) electrons. The summed E-state index contributed by atoms with van der Waals surface area (Å²) in [6, 6.07) is 5.68. The first kappa shape index (κ1) is 19.2. The third kappa shape index (κ3) is 4.27. The number of rotatable bonds is 5. The Morgan fingerprint density at radius 1 is 1.24 bits per heavy atom. The SMILES string of the molecule is COC(=O)c1ccc(C)c(S(=O)(=O)NNC(=O)c2cc(Br)cn2C)c1. The molecule has 0 spiro atoms. The van der Waals surface area contributed by atoms with Gasteiger partial charge >= 0.3 is 5.97 Å². The Hall–Kier alpha value is -2.17. The summed E-state index contributed by atoms with van der Waals surface area (Å²) in [4.78, 5) is 25.6. The molecule has 25 heavy (non-hydrogen) atoms. The second-order valence-corrected chi connectivity index (χ2v) is 7.75. The summed E-state index contributed by atoms with van der Waals surface area (Å²) < 4.78 is 31.7. The molecule has 8 nitrogen and oxygen atoms in total. The first-order valence-corrected chi connectivity index (χ1v) is 9.26. The molecule has 1 aromatic heterocycles. The first-order valence-electron chi connectivity index (χ1n) is 6.98. The van der Waals surface area contributed by atoms with E-state index in [-0.39, 0.29) is 16.2 Å². The number of aromatic nitrogens is 1. The van der Waals surface area contributed by atoms with E-state index in [0.717, 1.165) is 0 Å². The number of esters is 1. The van der Waals surface area contributed by atoms with E-state index in [4.69, 9.17) is 0 Å². The summed E-state index contributed by atoms with van der Waals surface area (Å²) >= 11 is 3.23. The number of hydrogen-bond donors (Lipinski definition) is 2. The van der Waals surface area contributed by atoms with Crippen molar-refractivity contribution in [2.75, 3.05) is 7.11 Å². The van der Waals surface area contributed by atoms with Crippen LogP contribution in [-0.2, 0) is 21.8 Å². The number of hydrogen-bond acceptors (Lipinski definition) is 5. The van der Waals surface area contributed by atoms with Crippen LogP contribution in [0.4, 0.5) is 0 Å². The maximum absolute atomic E-state index is 12.4. The standard InChI is InChI=1S/C15H16BrN3O5S/c1-9-4-5-10(15(21)24-3)6-13(9)25(22,23)18-17-14(20)12-7-11(16)8-19(12)2/h4-8,18H,1-3H3,(H,17,20). The van der Waals surface area contributed by atoms with Crippen molar-refractivity contribution in [3.8, 4) is 0 Å². The third-order valence-corrected chi connectivity index (χ3v) is 5.23. The van der Waals surface area contributed by atoms with Crippen molar-refractivity contribution >= 4 is 37.8 Å². The van der Waals surface area contributed by atoms with Crippen LogP contribution in [0, 0.1) is 6.92 Å². The molecule has 0 saturated carbocycles. The summed E-state index contributed by atoms with van der Waals surface area (Å²) in [5, 5.41) is 0. The lowest BCUT2D eigenvalue weighted by Crippen LogP contribution is -2.42. The smallest absolute Gasteiger partial charge is 0.337 e. The number of amides is 1. The lowest BCUT2D eigenvalue weighted by Gasteiger charge is -2.11. The fourth-order valence-electron chi connectivity index (χ4n) is 2.12. The topological polar surface area (TPSA) is 106 Å². The van der Waals surface area contributed by atoms with Crippen LogP contribution < -0.4 is 10.3 Å². The molecule has 134 valence electrons. The Morgan fingerprint density at radius 2 is 1.92 bits per heavy atom. The van der Waals surface area contributed by atoms with Gasteiger partial charge in [-0.1, -0.05) is 6.07 Å². The molecule has 1 amide bonds. The average Bonchev–Trinajstić information content (AvgIpc) is 2.90. The molecule has 2 aromatic rings. The Kier molecular flexibility index (Phi) is 5.65. The molecule has 1 aromatic carbocycles. The highest BCUT2D eigenvalue weighted by molar-refractivity contribution is 9.10. The van der Waals surface area contributed by atoms with Crippen molar-refractivity contribution in [1.29, 1.82) is 0 Å². The zero-order chi connectivity index (χ0) is 18.8. The normalized spacial score (nSPS) is 11.2. The predicted octanol–water partition coefficient (Wildman–Crippen LogP) is 1.51. The number of aryl methyl sites for hydroxylation is 2. The van der Waals surface area contributed by atoms with Crippen LogP contribution in [0.5, 0.6) is 0 Å². The average molecular weight is 430 g/mol. The molecule has 0 aliphatic heterocycles. The fraction of sp³-hybridized carbons (Fsp3) is 0.200. The highest BCUT2D eigenvalue weighted by atomic mass is 79.9. The lowest BCUT2D eigenvalue weighted by molar-refractivity contribution is 0.0600. The molecule has 0 saturated heterocycles. The monoisotopic (exact) mass is 429 g/mol. The minimum Gasteiger partial charge on any atom is -0.465 e. The van der Waals surface area contributed by atoms with Crippen LogP contribution in [0.15, 0.2) is 39.8 Å².